The molecule has 0 bridgehead atoms. The number of hydrogen-bond acceptors (Lipinski definition) is 7. The topological polar surface area (TPSA) is 120 Å². The fourth-order valence-electron chi connectivity index (χ4n) is 3.04. The molecule has 0 unspecified atom stereocenters. The van der Waals surface area contributed by atoms with E-state index in [-0.39, 0.29) is 4.90 Å². The van der Waals surface area contributed by atoms with Crippen molar-refractivity contribution in [2.24, 2.45) is 7.05 Å². The van der Waals surface area contributed by atoms with E-state index in [9.17, 15) is 8.42 Å². The van der Waals surface area contributed by atoms with E-state index < -0.39 is 10.0 Å². The van der Waals surface area contributed by atoms with Crippen LogP contribution in [0.4, 0.5) is 17.2 Å². The van der Waals surface area contributed by atoms with Crippen LogP contribution in [-0.2, 0) is 17.1 Å². The molecule has 0 atom stereocenters. The van der Waals surface area contributed by atoms with E-state index in [1.165, 1.54) is 0 Å². The van der Waals surface area contributed by atoms with Crippen LogP contribution in [0.1, 0.15) is 11.4 Å². The molecule has 0 radical (unpaired) electrons. The molecule has 0 aliphatic carbocycles. The van der Waals surface area contributed by atoms with Gasteiger partial charge in [0.1, 0.15) is 4.90 Å². The van der Waals surface area contributed by atoms with Crippen LogP contribution in [0.15, 0.2) is 59.8 Å². The average molecular weight is 424 g/mol. The molecule has 0 spiro atoms. The minimum absolute atomic E-state index is 0.194. The standard InChI is InChI=1S/C19H20N8O2S/c1-13-19(14(2)26(3)24-13)30(28,29)25-16-7-5-15(6-8-16)21-17-9-10-18(23-22-17)27-12-4-11-20-27/h4-12,25H,1-3H3,(H,21,22). The van der Waals surface area contributed by atoms with Crippen LogP contribution in [0.2, 0.25) is 0 Å². The summed E-state index contributed by atoms with van der Waals surface area (Å²) < 4.78 is 31.3. The number of sulfonamides is 1. The van der Waals surface area contributed by atoms with Gasteiger partial charge < -0.3 is 5.32 Å². The van der Waals surface area contributed by atoms with Crippen LogP contribution in [-0.4, -0.2) is 38.2 Å². The first kappa shape index (κ1) is 19.6. The summed E-state index contributed by atoms with van der Waals surface area (Å²) in [7, 11) is -2.02. The number of aryl methyl sites for hydroxylation is 2. The molecule has 30 heavy (non-hydrogen) atoms. The van der Waals surface area contributed by atoms with Crippen molar-refractivity contribution in [1.29, 1.82) is 0 Å². The predicted octanol–water partition coefficient (Wildman–Crippen LogP) is 2.56. The Labute approximate surface area is 173 Å². The van der Waals surface area contributed by atoms with Crippen molar-refractivity contribution < 1.29 is 8.42 Å². The van der Waals surface area contributed by atoms with E-state index in [2.05, 4.69) is 30.4 Å². The molecule has 0 saturated heterocycles. The van der Waals surface area contributed by atoms with E-state index in [0.717, 1.165) is 5.69 Å². The first-order valence-electron chi connectivity index (χ1n) is 9.07. The average Bonchev–Trinajstić information content (AvgIpc) is 3.32. The Hall–Kier alpha value is -3.73. The second-order valence-corrected chi connectivity index (χ2v) is 8.28. The maximum atomic E-state index is 12.8. The van der Waals surface area contributed by atoms with Gasteiger partial charge >= 0.3 is 0 Å². The Morgan fingerprint density at radius 3 is 2.27 bits per heavy atom. The zero-order valence-corrected chi connectivity index (χ0v) is 17.4. The van der Waals surface area contributed by atoms with Gasteiger partial charge in [-0.15, -0.1) is 10.2 Å². The number of nitrogens with one attached hydrogen (secondary N) is 2. The van der Waals surface area contributed by atoms with E-state index >= 15 is 0 Å². The highest BCUT2D eigenvalue weighted by Gasteiger charge is 2.23. The quantitative estimate of drug-likeness (QED) is 0.488. The molecule has 0 aliphatic heterocycles. The maximum Gasteiger partial charge on any atom is 0.265 e. The zero-order chi connectivity index (χ0) is 21.3. The van der Waals surface area contributed by atoms with Gasteiger partial charge in [-0.25, -0.2) is 13.1 Å². The molecule has 4 aromatic rings. The van der Waals surface area contributed by atoms with Gasteiger partial charge in [-0.2, -0.15) is 10.2 Å². The van der Waals surface area contributed by atoms with E-state index in [4.69, 9.17) is 0 Å². The monoisotopic (exact) mass is 424 g/mol. The Kier molecular flexibility index (Phi) is 4.96. The number of hydrogen-bond donors (Lipinski definition) is 2. The Balaban J connectivity index is 1.46. The number of benzene rings is 1. The van der Waals surface area contributed by atoms with E-state index in [0.29, 0.717) is 28.7 Å². The van der Waals surface area contributed by atoms with Gasteiger partial charge in [0, 0.05) is 30.8 Å². The highest BCUT2D eigenvalue weighted by molar-refractivity contribution is 7.92. The lowest BCUT2D eigenvalue weighted by atomic mass is 10.3. The minimum atomic E-state index is -3.74. The van der Waals surface area contributed by atoms with Crippen molar-refractivity contribution in [1.82, 2.24) is 29.8 Å². The molecule has 3 aromatic heterocycles. The fraction of sp³-hybridized carbons (Fsp3) is 0.158. The van der Waals surface area contributed by atoms with Gasteiger partial charge in [0.05, 0.1) is 11.4 Å². The Morgan fingerprint density at radius 2 is 1.70 bits per heavy atom. The first-order chi connectivity index (χ1) is 14.3. The zero-order valence-electron chi connectivity index (χ0n) is 16.6. The molecule has 1 aromatic carbocycles. The summed E-state index contributed by atoms with van der Waals surface area (Å²) in [6, 6.07) is 12.2. The molecule has 2 N–H and O–H groups in total. The van der Waals surface area contributed by atoms with Gasteiger partial charge in [-0.05, 0) is 56.3 Å². The van der Waals surface area contributed by atoms with Crippen LogP contribution < -0.4 is 10.0 Å². The predicted molar refractivity (Wildman–Crippen MR) is 112 cm³/mol. The second-order valence-electron chi connectivity index (χ2n) is 6.66. The smallest absolute Gasteiger partial charge is 0.265 e. The second kappa shape index (κ2) is 7.59. The summed E-state index contributed by atoms with van der Waals surface area (Å²) in [4.78, 5) is 0.194. The highest BCUT2D eigenvalue weighted by atomic mass is 32.2. The normalized spacial score (nSPS) is 11.4. The molecule has 0 amide bonds. The molecule has 3 heterocycles. The number of rotatable bonds is 6. The third-order valence-corrected chi connectivity index (χ3v) is 6.14. The molecular weight excluding hydrogens is 404 g/mol. The van der Waals surface area contributed by atoms with Crippen LogP contribution in [0.3, 0.4) is 0 Å². The van der Waals surface area contributed by atoms with Crippen LogP contribution in [0.25, 0.3) is 5.82 Å². The van der Waals surface area contributed by atoms with Crippen molar-refractivity contribution in [3.8, 4) is 5.82 Å². The third-order valence-electron chi connectivity index (χ3n) is 4.51. The van der Waals surface area contributed by atoms with Gasteiger partial charge in [0.15, 0.2) is 11.6 Å². The number of nitrogens with zero attached hydrogens (tertiary/aromatic N) is 6. The summed E-state index contributed by atoms with van der Waals surface area (Å²) in [5, 5.41) is 19.7. The molecular formula is C19H20N8O2S. The molecule has 0 aliphatic rings. The van der Waals surface area contributed by atoms with Gasteiger partial charge in [-0.1, -0.05) is 0 Å². The lowest BCUT2D eigenvalue weighted by molar-refractivity contribution is 0.599. The largest absolute Gasteiger partial charge is 0.339 e. The lowest BCUT2D eigenvalue weighted by Gasteiger charge is -2.10. The molecule has 0 fully saturated rings. The van der Waals surface area contributed by atoms with Crippen molar-refractivity contribution in [2.75, 3.05) is 10.0 Å². The molecule has 154 valence electrons. The van der Waals surface area contributed by atoms with Crippen LogP contribution in [0.5, 0.6) is 0 Å². The SMILES string of the molecule is Cc1nn(C)c(C)c1S(=O)(=O)Nc1ccc(Nc2ccc(-n3cccn3)nn2)cc1. The molecule has 11 heteroatoms. The summed E-state index contributed by atoms with van der Waals surface area (Å²) in [6.45, 7) is 3.40. The van der Waals surface area contributed by atoms with Gasteiger partial charge in [0.2, 0.25) is 0 Å². The van der Waals surface area contributed by atoms with Crippen molar-refractivity contribution in [3.05, 3.63) is 66.2 Å². The molecule has 0 saturated carbocycles. The van der Waals surface area contributed by atoms with Crippen molar-refractivity contribution in [2.45, 2.75) is 18.7 Å². The van der Waals surface area contributed by atoms with Crippen LogP contribution >= 0.6 is 0 Å². The van der Waals surface area contributed by atoms with Gasteiger partial charge in [0.25, 0.3) is 10.0 Å². The fourth-order valence-corrected chi connectivity index (χ4v) is 4.54. The van der Waals surface area contributed by atoms with E-state index in [1.54, 1.807) is 85.1 Å². The van der Waals surface area contributed by atoms with E-state index in [1.807, 2.05) is 0 Å². The van der Waals surface area contributed by atoms with Crippen molar-refractivity contribution >= 4 is 27.2 Å². The minimum Gasteiger partial charge on any atom is -0.339 e. The third kappa shape index (κ3) is 3.87. The Morgan fingerprint density at radius 1 is 0.967 bits per heavy atom. The molecule has 4 rings (SSSR count). The Bertz CT molecular complexity index is 1260. The summed E-state index contributed by atoms with van der Waals surface area (Å²) in [6.07, 6.45) is 3.45. The summed E-state index contributed by atoms with van der Waals surface area (Å²) >= 11 is 0. The first-order valence-corrected chi connectivity index (χ1v) is 10.6. The molecule has 10 nitrogen and oxygen atoms in total. The maximum absolute atomic E-state index is 12.8. The summed E-state index contributed by atoms with van der Waals surface area (Å²) in [5.41, 5.74) is 2.23. The van der Waals surface area contributed by atoms with Crippen LogP contribution in [0, 0.1) is 13.8 Å². The lowest BCUT2D eigenvalue weighted by Crippen LogP contribution is -2.14. The number of anilines is 3. The number of aromatic nitrogens is 6. The van der Waals surface area contributed by atoms with Crippen molar-refractivity contribution in [3.63, 3.8) is 0 Å². The summed E-state index contributed by atoms with van der Waals surface area (Å²) in [5.74, 6) is 1.16. The van der Waals surface area contributed by atoms with Gasteiger partial charge in [-0.3, -0.25) is 9.40 Å². The highest BCUT2D eigenvalue weighted by Crippen LogP contribution is 2.23.